The van der Waals surface area contributed by atoms with Crippen LogP contribution >= 0.6 is 0 Å². The van der Waals surface area contributed by atoms with E-state index in [0.29, 0.717) is 23.7 Å². The van der Waals surface area contributed by atoms with E-state index in [-0.39, 0.29) is 11.9 Å². The maximum absolute atomic E-state index is 12.8. The van der Waals surface area contributed by atoms with Crippen LogP contribution in [0.3, 0.4) is 0 Å². The average Bonchev–Trinajstić information content (AvgIpc) is 3.29. The number of hydrogen-bond acceptors (Lipinski definition) is 6. The summed E-state index contributed by atoms with van der Waals surface area (Å²) < 4.78 is 4.93. The number of aromatic amines is 1. The lowest BCUT2D eigenvalue weighted by molar-refractivity contribution is 0.0668. The van der Waals surface area contributed by atoms with Crippen LogP contribution in [0.5, 0.6) is 0 Å². The van der Waals surface area contributed by atoms with E-state index >= 15 is 0 Å². The van der Waals surface area contributed by atoms with Crippen LogP contribution in [0.1, 0.15) is 29.4 Å². The van der Waals surface area contributed by atoms with Crippen LogP contribution in [0.25, 0.3) is 11.0 Å². The van der Waals surface area contributed by atoms with Crippen molar-refractivity contribution in [3.8, 4) is 0 Å². The Bertz CT molecular complexity index is 933. The standard InChI is InChI=1S/C18H22N6O2/c1-11-5-7-24(18(25)14-9-26-22-12(14)2)8-15(11)23(3)17-13-4-6-19-16(13)20-10-21-17/h4,6,9-11,15H,5,7-8H2,1-3H3,(H,19,20,21)/t11-,15+/m1/s1. The second-order valence-electron chi connectivity index (χ2n) is 6.95. The zero-order valence-electron chi connectivity index (χ0n) is 15.1. The van der Waals surface area contributed by atoms with E-state index in [1.165, 1.54) is 6.26 Å². The molecule has 3 aromatic heterocycles. The smallest absolute Gasteiger partial charge is 0.259 e. The number of amides is 1. The number of fused-ring (bicyclic) bond motifs is 1. The molecule has 2 atom stereocenters. The number of anilines is 1. The van der Waals surface area contributed by atoms with Gasteiger partial charge in [0.05, 0.1) is 17.1 Å². The Morgan fingerprint density at radius 3 is 3.04 bits per heavy atom. The number of nitrogens with zero attached hydrogens (tertiary/aromatic N) is 5. The van der Waals surface area contributed by atoms with Crippen LogP contribution in [0.2, 0.25) is 0 Å². The maximum atomic E-state index is 12.8. The topological polar surface area (TPSA) is 91.2 Å². The molecule has 1 saturated heterocycles. The number of likely N-dealkylation sites (tertiary alicyclic amines) is 1. The van der Waals surface area contributed by atoms with Crippen LogP contribution in [-0.4, -0.2) is 57.1 Å². The van der Waals surface area contributed by atoms with Crippen molar-refractivity contribution in [2.45, 2.75) is 26.3 Å². The fraction of sp³-hybridized carbons (Fsp3) is 0.444. The Labute approximate surface area is 151 Å². The van der Waals surface area contributed by atoms with E-state index in [9.17, 15) is 4.79 Å². The minimum absolute atomic E-state index is 0.0245. The van der Waals surface area contributed by atoms with Gasteiger partial charge >= 0.3 is 0 Å². The van der Waals surface area contributed by atoms with Gasteiger partial charge in [-0.1, -0.05) is 12.1 Å². The highest BCUT2D eigenvalue weighted by molar-refractivity contribution is 5.95. The number of likely N-dealkylation sites (N-methyl/N-ethyl adjacent to an activating group) is 1. The number of H-pyrrole nitrogens is 1. The second kappa shape index (κ2) is 6.44. The number of carbonyl (C=O) groups is 1. The number of hydrogen-bond donors (Lipinski definition) is 1. The summed E-state index contributed by atoms with van der Waals surface area (Å²) in [5.41, 5.74) is 1.98. The molecule has 4 heterocycles. The molecule has 26 heavy (non-hydrogen) atoms. The Morgan fingerprint density at radius 2 is 2.27 bits per heavy atom. The van der Waals surface area contributed by atoms with Crippen molar-refractivity contribution in [2.24, 2.45) is 5.92 Å². The van der Waals surface area contributed by atoms with Gasteiger partial charge in [-0.3, -0.25) is 4.79 Å². The summed E-state index contributed by atoms with van der Waals surface area (Å²) >= 11 is 0. The largest absolute Gasteiger partial charge is 0.364 e. The summed E-state index contributed by atoms with van der Waals surface area (Å²) in [6.45, 7) is 5.38. The molecule has 0 aromatic carbocycles. The van der Waals surface area contributed by atoms with E-state index in [1.54, 1.807) is 13.3 Å². The SMILES string of the molecule is Cc1nocc1C(=O)N1CC[C@@H](C)[C@@H](N(C)c2ncnc3[nH]ccc23)C1. The summed E-state index contributed by atoms with van der Waals surface area (Å²) in [6, 6.07) is 2.15. The molecule has 3 aromatic rings. The van der Waals surface area contributed by atoms with Gasteiger partial charge in [-0.2, -0.15) is 0 Å². The number of nitrogens with one attached hydrogen (secondary N) is 1. The quantitative estimate of drug-likeness (QED) is 0.776. The molecule has 8 nitrogen and oxygen atoms in total. The molecule has 0 saturated carbocycles. The predicted octanol–water partition coefficient (Wildman–Crippen LogP) is 2.24. The molecular weight excluding hydrogens is 332 g/mol. The number of piperidine rings is 1. The summed E-state index contributed by atoms with van der Waals surface area (Å²) in [5, 5.41) is 4.81. The first-order valence-electron chi connectivity index (χ1n) is 8.77. The summed E-state index contributed by atoms with van der Waals surface area (Å²) in [5.74, 6) is 1.30. The van der Waals surface area contributed by atoms with Gasteiger partial charge in [0.1, 0.15) is 29.6 Å². The maximum Gasteiger partial charge on any atom is 0.259 e. The highest BCUT2D eigenvalue weighted by Crippen LogP contribution is 2.29. The Morgan fingerprint density at radius 1 is 1.42 bits per heavy atom. The minimum Gasteiger partial charge on any atom is -0.364 e. The molecule has 136 valence electrons. The van der Waals surface area contributed by atoms with Crippen LogP contribution in [0.4, 0.5) is 5.82 Å². The second-order valence-corrected chi connectivity index (χ2v) is 6.95. The van der Waals surface area contributed by atoms with Gasteiger partial charge in [-0.15, -0.1) is 0 Å². The monoisotopic (exact) mass is 354 g/mol. The third-order valence-corrected chi connectivity index (χ3v) is 5.35. The Hall–Kier alpha value is -2.90. The van der Waals surface area contributed by atoms with Crippen LogP contribution in [0, 0.1) is 12.8 Å². The third kappa shape index (κ3) is 2.71. The molecule has 1 amide bonds. The molecule has 1 aliphatic heterocycles. The molecular formula is C18H22N6O2. The average molecular weight is 354 g/mol. The normalized spacial score (nSPS) is 20.5. The number of aryl methyl sites for hydroxylation is 1. The first kappa shape index (κ1) is 16.6. The van der Waals surface area contributed by atoms with Gasteiger partial charge in [0.25, 0.3) is 5.91 Å². The van der Waals surface area contributed by atoms with Crippen LogP contribution in [-0.2, 0) is 0 Å². The predicted molar refractivity (Wildman–Crippen MR) is 97.0 cm³/mol. The molecule has 0 radical (unpaired) electrons. The molecule has 4 rings (SSSR count). The lowest BCUT2D eigenvalue weighted by Crippen LogP contribution is -2.52. The van der Waals surface area contributed by atoms with E-state index in [0.717, 1.165) is 29.8 Å². The molecule has 8 heteroatoms. The molecule has 1 fully saturated rings. The lowest BCUT2D eigenvalue weighted by Gasteiger charge is -2.42. The summed E-state index contributed by atoms with van der Waals surface area (Å²) in [4.78, 5) is 28.8. The molecule has 0 spiro atoms. The Balaban J connectivity index is 1.60. The highest BCUT2D eigenvalue weighted by atomic mass is 16.5. The van der Waals surface area contributed by atoms with E-state index in [1.807, 2.05) is 24.2 Å². The van der Waals surface area contributed by atoms with Gasteiger partial charge in [0.2, 0.25) is 0 Å². The molecule has 0 bridgehead atoms. The van der Waals surface area contributed by atoms with Crippen molar-refractivity contribution in [1.82, 2.24) is 25.0 Å². The Kier molecular flexibility index (Phi) is 4.10. The van der Waals surface area contributed by atoms with Gasteiger partial charge in [0.15, 0.2) is 0 Å². The van der Waals surface area contributed by atoms with Crippen molar-refractivity contribution in [1.29, 1.82) is 0 Å². The van der Waals surface area contributed by atoms with Gasteiger partial charge in [-0.05, 0) is 25.3 Å². The lowest BCUT2D eigenvalue weighted by atomic mass is 9.92. The van der Waals surface area contributed by atoms with E-state index < -0.39 is 0 Å². The van der Waals surface area contributed by atoms with E-state index in [4.69, 9.17) is 4.52 Å². The molecule has 1 N–H and O–H groups in total. The van der Waals surface area contributed by atoms with Gasteiger partial charge < -0.3 is 19.3 Å². The van der Waals surface area contributed by atoms with E-state index in [2.05, 4.69) is 31.9 Å². The van der Waals surface area contributed by atoms with Crippen molar-refractivity contribution < 1.29 is 9.32 Å². The summed E-state index contributed by atoms with van der Waals surface area (Å²) in [6.07, 6.45) is 5.81. The van der Waals surface area contributed by atoms with Crippen molar-refractivity contribution in [2.75, 3.05) is 25.0 Å². The van der Waals surface area contributed by atoms with Crippen molar-refractivity contribution in [3.05, 3.63) is 36.1 Å². The van der Waals surface area contributed by atoms with Crippen molar-refractivity contribution >= 4 is 22.8 Å². The molecule has 0 aliphatic carbocycles. The van der Waals surface area contributed by atoms with Crippen LogP contribution in [0.15, 0.2) is 29.4 Å². The first-order chi connectivity index (χ1) is 12.6. The van der Waals surface area contributed by atoms with Crippen molar-refractivity contribution in [3.63, 3.8) is 0 Å². The zero-order chi connectivity index (χ0) is 18.3. The third-order valence-electron chi connectivity index (χ3n) is 5.35. The van der Waals surface area contributed by atoms with Gasteiger partial charge in [0, 0.05) is 26.3 Å². The van der Waals surface area contributed by atoms with Gasteiger partial charge in [-0.25, -0.2) is 9.97 Å². The molecule has 1 aliphatic rings. The fourth-order valence-corrected chi connectivity index (χ4v) is 3.70. The highest BCUT2D eigenvalue weighted by Gasteiger charge is 2.34. The first-order valence-corrected chi connectivity index (χ1v) is 8.77. The number of carbonyl (C=O) groups excluding carboxylic acids is 1. The number of aromatic nitrogens is 4. The minimum atomic E-state index is -0.0245. The fourth-order valence-electron chi connectivity index (χ4n) is 3.70. The molecule has 0 unspecified atom stereocenters. The number of rotatable bonds is 3. The van der Waals surface area contributed by atoms with Crippen LogP contribution < -0.4 is 4.90 Å². The summed E-state index contributed by atoms with van der Waals surface area (Å²) in [7, 11) is 2.04. The zero-order valence-corrected chi connectivity index (χ0v) is 15.1.